The van der Waals surface area contributed by atoms with E-state index in [4.69, 9.17) is 9.84 Å². The van der Waals surface area contributed by atoms with Gasteiger partial charge in [0.05, 0.1) is 11.1 Å². The Morgan fingerprint density at radius 1 is 1.53 bits per heavy atom. The van der Waals surface area contributed by atoms with Crippen LogP contribution in [0, 0.1) is 0 Å². The third-order valence-electron chi connectivity index (χ3n) is 2.15. The Balaban J connectivity index is 2.87. The molecule has 92 valence electrons. The molecule has 0 amide bonds. The number of hydrogen-bond donors (Lipinski definition) is 1. The average Bonchev–Trinajstić information content (AvgIpc) is 2.29. The largest absolute Gasteiger partial charge is 0.492 e. The van der Waals surface area contributed by atoms with Crippen LogP contribution in [0.15, 0.2) is 28.7 Å². The molecule has 0 aliphatic carbocycles. The van der Waals surface area contributed by atoms with Crippen LogP contribution in [-0.2, 0) is 4.79 Å². The van der Waals surface area contributed by atoms with E-state index in [0.717, 1.165) is 29.0 Å². The van der Waals surface area contributed by atoms with Gasteiger partial charge in [0.25, 0.3) is 0 Å². The first kappa shape index (κ1) is 13.8. The van der Waals surface area contributed by atoms with Gasteiger partial charge in [0.2, 0.25) is 0 Å². The van der Waals surface area contributed by atoms with E-state index in [1.54, 1.807) is 0 Å². The van der Waals surface area contributed by atoms with Gasteiger partial charge >= 0.3 is 5.97 Å². The second-order valence-electron chi connectivity index (χ2n) is 3.53. The van der Waals surface area contributed by atoms with Gasteiger partial charge in [0.15, 0.2) is 0 Å². The van der Waals surface area contributed by atoms with Gasteiger partial charge in [-0.25, -0.2) is 4.79 Å². The van der Waals surface area contributed by atoms with Gasteiger partial charge in [0.1, 0.15) is 5.75 Å². The van der Waals surface area contributed by atoms with Crippen molar-refractivity contribution in [1.82, 2.24) is 0 Å². The van der Waals surface area contributed by atoms with Crippen molar-refractivity contribution in [3.05, 3.63) is 34.3 Å². The lowest BCUT2D eigenvalue weighted by Gasteiger charge is -2.10. The summed E-state index contributed by atoms with van der Waals surface area (Å²) in [5.41, 5.74) is 0.762. The van der Waals surface area contributed by atoms with E-state index in [2.05, 4.69) is 22.9 Å². The van der Waals surface area contributed by atoms with Crippen molar-refractivity contribution in [2.24, 2.45) is 0 Å². The predicted molar refractivity (Wildman–Crippen MR) is 71.2 cm³/mol. The maximum Gasteiger partial charge on any atom is 0.328 e. The van der Waals surface area contributed by atoms with Gasteiger partial charge in [-0.15, -0.1) is 0 Å². The number of rotatable bonds is 6. The molecule has 3 nitrogen and oxygen atoms in total. The standard InChI is InChI=1S/C13H15BrO3/c1-2-3-9-17-13-10(7-8-12(15)16)5-4-6-11(13)14/h4-8H,2-3,9H2,1H3,(H,15,16)/b8-7+. The number of ether oxygens (including phenoxy) is 1. The Morgan fingerprint density at radius 2 is 2.29 bits per heavy atom. The first-order valence-corrected chi connectivity index (χ1v) is 6.26. The zero-order valence-corrected chi connectivity index (χ0v) is 11.2. The zero-order chi connectivity index (χ0) is 12.7. The van der Waals surface area contributed by atoms with E-state index >= 15 is 0 Å². The number of unbranched alkanes of at least 4 members (excludes halogenated alkanes) is 1. The molecule has 0 aromatic heterocycles. The summed E-state index contributed by atoms with van der Waals surface area (Å²) in [6, 6.07) is 5.54. The Bertz CT molecular complexity index is 413. The van der Waals surface area contributed by atoms with Gasteiger partial charge in [-0.2, -0.15) is 0 Å². The number of benzene rings is 1. The van der Waals surface area contributed by atoms with E-state index in [1.807, 2.05) is 18.2 Å². The van der Waals surface area contributed by atoms with E-state index < -0.39 is 5.97 Å². The van der Waals surface area contributed by atoms with Gasteiger partial charge in [-0.1, -0.05) is 25.5 Å². The molecule has 0 aliphatic rings. The summed E-state index contributed by atoms with van der Waals surface area (Å²) in [4.78, 5) is 10.5. The van der Waals surface area contributed by atoms with Gasteiger partial charge in [0, 0.05) is 11.6 Å². The number of carboxylic acid groups (broad SMARTS) is 1. The van der Waals surface area contributed by atoms with Gasteiger partial charge in [-0.3, -0.25) is 0 Å². The molecule has 1 rings (SSSR count). The lowest BCUT2D eigenvalue weighted by molar-refractivity contribution is -0.131. The van der Waals surface area contributed by atoms with Crippen molar-refractivity contribution in [3.8, 4) is 5.75 Å². The Labute approximate surface area is 109 Å². The Morgan fingerprint density at radius 3 is 2.94 bits per heavy atom. The van der Waals surface area contributed by atoms with Crippen molar-refractivity contribution in [2.45, 2.75) is 19.8 Å². The average molecular weight is 299 g/mol. The van der Waals surface area contributed by atoms with Crippen LogP contribution in [0.5, 0.6) is 5.75 Å². The van der Waals surface area contributed by atoms with E-state index in [-0.39, 0.29) is 0 Å². The monoisotopic (exact) mass is 298 g/mol. The molecular formula is C13H15BrO3. The maximum atomic E-state index is 10.5. The van der Waals surface area contributed by atoms with Gasteiger partial charge < -0.3 is 9.84 Å². The summed E-state index contributed by atoms with van der Waals surface area (Å²) in [5.74, 6) is -0.275. The Hall–Kier alpha value is -1.29. The second kappa shape index (κ2) is 7.12. The molecular weight excluding hydrogens is 284 g/mol. The number of para-hydroxylation sites is 1. The fourth-order valence-corrected chi connectivity index (χ4v) is 1.78. The molecule has 0 heterocycles. The normalized spacial score (nSPS) is 10.7. The highest BCUT2D eigenvalue weighted by molar-refractivity contribution is 9.10. The third-order valence-corrected chi connectivity index (χ3v) is 2.77. The number of carbonyl (C=O) groups is 1. The van der Waals surface area contributed by atoms with Crippen molar-refractivity contribution in [3.63, 3.8) is 0 Å². The SMILES string of the molecule is CCCCOc1c(Br)cccc1/C=C/C(=O)O. The highest BCUT2D eigenvalue weighted by atomic mass is 79.9. The third kappa shape index (κ3) is 4.61. The number of halogens is 1. The summed E-state index contributed by atoms with van der Waals surface area (Å²) in [5, 5.41) is 8.61. The minimum atomic E-state index is -0.968. The fourth-order valence-electron chi connectivity index (χ4n) is 1.29. The van der Waals surface area contributed by atoms with Crippen molar-refractivity contribution in [1.29, 1.82) is 0 Å². The first-order chi connectivity index (χ1) is 8.15. The summed E-state index contributed by atoms with van der Waals surface area (Å²) in [7, 11) is 0. The topological polar surface area (TPSA) is 46.5 Å². The van der Waals surface area contributed by atoms with Crippen LogP contribution in [0.25, 0.3) is 6.08 Å². The minimum Gasteiger partial charge on any atom is -0.492 e. The van der Waals surface area contributed by atoms with E-state index in [1.165, 1.54) is 6.08 Å². The molecule has 0 unspecified atom stereocenters. The molecule has 0 atom stereocenters. The quantitative estimate of drug-likeness (QED) is 0.643. The van der Waals surface area contributed by atoms with E-state index in [0.29, 0.717) is 12.4 Å². The molecule has 0 radical (unpaired) electrons. The van der Waals surface area contributed by atoms with Crippen molar-refractivity contribution < 1.29 is 14.6 Å². The zero-order valence-electron chi connectivity index (χ0n) is 9.65. The summed E-state index contributed by atoms with van der Waals surface area (Å²) < 4.78 is 6.48. The summed E-state index contributed by atoms with van der Waals surface area (Å²) in [6.45, 7) is 2.72. The molecule has 0 aliphatic heterocycles. The molecule has 1 aromatic carbocycles. The number of hydrogen-bond acceptors (Lipinski definition) is 2. The summed E-state index contributed by atoms with van der Waals surface area (Å²) >= 11 is 3.40. The van der Waals surface area contributed by atoms with Crippen LogP contribution in [0.3, 0.4) is 0 Å². The molecule has 1 N–H and O–H groups in total. The number of aliphatic carboxylic acids is 1. The molecule has 0 saturated carbocycles. The smallest absolute Gasteiger partial charge is 0.328 e. The minimum absolute atomic E-state index is 0.632. The van der Waals surface area contributed by atoms with Crippen LogP contribution < -0.4 is 4.74 Å². The highest BCUT2D eigenvalue weighted by Crippen LogP contribution is 2.30. The van der Waals surface area contributed by atoms with Gasteiger partial charge in [-0.05, 0) is 34.5 Å². The van der Waals surface area contributed by atoms with Crippen molar-refractivity contribution >= 4 is 28.0 Å². The first-order valence-electron chi connectivity index (χ1n) is 5.47. The Kier molecular flexibility index (Phi) is 5.77. The molecule has 0 saturated heterocycles. The predicted octanol–water partition coefficient (Wildman–Crippen LogP) is 3.73. The van der Waals surface area contributed by atoms with Crippen LogP contribution in [-0.4, -0.2) is 17.7 Å². The molecule has 1 aromatic rings. The van der Waals surface area contributed by atoms with Crippen LogP contribution >= 0.6 is 15.9 Å². The van der Waals surface area contributed by atoms with Crippen LogP contribution in [0.1, 0.15) is 25.3 Å². The van der Waals surface area contributed by atoms with E-state index in [9.17, 15) is 4.79 Å². The molecule has 0 spiro atoms. The fraction of sp³-hybridized carbons (Fsp3) is 0.308. The molecule has 4 heteroatoms. The maximum absolute atomic E-state index is 10.5. The van der Waals surface area contributed by atoms with Crippen LogP contribution in [0.2, 0.25) is 0 Å². The molecule has 0 bridgehead atoms. The molecule has 17 heavy (non-hydrogen) atoms. The lowest BCUT2D eigenvalue weighted by Crippen LogP contribution is -1.99. The second-order valence-corrected chi connectivity index (χ2v) is 4.39. The number of carboxylic acids is 1. The lowest BCUT2D eigenvalue weighted by atomic mass is 10.2. The van der Waals surface area contributed by atoms with Crippen molar-refractivity contribution in [2.75, 3.05) is 6.61 Å². The summed E-state index contributed by atoms with van der Waals surface area (Å²) in [6.07, 6.45) is 4.68. The highest BCUT2D eigenvalue weighted by Gasteiger charge is 2.05. The van der Waals surface area contributed by atoms with Crippen LogP contribution in [0.4, 0.5) is 0 Å². The molecule has 0 fully saturated rings.